The molecule has 0 atom stereocenters. The van der Waals surface area contributed by atoms with Gasteiger partial charge in [0.1, 0.15) is 5.69 Å². The molecule has 0 unspecified atom stereocenters. The predicted octanol–water partition coefficient (Wildman–Crippen LogP) is 2.27. The van der Waals surface area contributed by atoms with E-state index in [-0.39, 0.29) is 17.2 Å². The summed E-state index contributed by atoms with van der Waals surface area (Å²) in [5.41, 5.74) is -1.38. The summed E-state index contributed by atoms with van der Waals surface area (Å²) in [4.78, 5) is 18.1. The first-order chi connectivity index (χ1) is 10.1. The van der Waals surface area contributed by atoms with Gasteiger partial charge in [0.2, 0.25) is 0 Å². The van der Waals surface area contributed by atoms with Gasteiger partial charge in [-0.15, -0.1) is 0 Å². The van der Waals surface area contributed by atoms with Gasteiger partial charge in [0.15, 0.2) is 11.5 Å². The lowest BCUT2D eigenvalue weighted by Gasteiger charge is -2.14. The lowest BCUT2D eigenvalue weighted by atomic mass is 9.92. The summed E-state index contributed by atoms with van der Waals surface area (Å²) in [5.74, 6) is -0.768. The Morgan fingerprint density at radius 3 is 2.45 bits per heavy atom. The van der Waals surface area contributed by atoms with E-state index in [1.807, 2.05) is 0 Å². The second-order valence-electron chi connectivity index (χ2n) is 5.75. The molecule has 2 rings (SSSR count). The number of carbonyl (C=O) groups excluding carboxylic acids is 1. The van der Waals surface area contributed by atoms with E-state index in [4.69, 9.17) is 0 Å². The molecule has 120 valence electrons. The topological polar surface area (TPSA) is 75.6 Å². The van der Waals surface area contributed by atoms with Crippen molar-refractivity contribution in [3.63, 3.8) is 0 Å². The van der Waals surface area contributed by atoms with Gasteiger partial charge in [-0.1, -0.05) is 20.8 Å². The summed E-state index contributed by atoms with van der Waals surface area (Å²) in [5, 5.41) is 6.34. The maximum absolute atomic E-state index is 13.3. The zero-order chi connectivity index (χ0) is 16.7. The number of nitrogens with zero attached hydrogens (tertiary/aromatic N) is 3. The van der Waals surface area contributed by atoms with Crippen LogP contribution in [0.2, 0.25) is 0 Å². The molecule has 0 radical (unpaired) electrons. The fourth-order valence-corrected chi connectivity index (χ4v) is 1.85. The Hall–Kier alpha value is -2.32. The number of carbonyl (C=O) groups is 1. The van der Waals surface area contributed by atoms with Crippen LogP contribution >= 0.6 is 0 Å². The average molecular weight is 315 g/mol. The monoisotopic (exact) mass is 315 g/mol. The molecule has 0 aliphatic carbocycles. The summed E-state index contributed by atoms with van der Waals surface area (Å²) >= 11 is 0. The minimum absolute atomic E-state index is 0.0865. The molecule has 0 bridgehead atoms. The van der Waals surface area contributed by atoms with Gasteiger partial charge in [0.25, 0.3) is 5.91 Å². The van der Waals surface area contributed by atoms with Crippen LogP contribution in [0.5, 0.6) is 0 Å². The van der Waals surface area contributed by atoms with Crippen molar-refractivity contribution in [3.05, 3.63) is 29.5 Å². The van der Waals surface area contributed by atoms with Crippen molar-refractivity contribution in [1.29, 1.82) is 0 Å². The Labute approximate surface area is 124 Å². The first-order valence-corrected chi connectivity index (χ1v) is 6.49. The molecule has 0 saturated carbocycles. The van der Waals surface area contributed by atoms with Gasteiger partial charge < -0.3 is 10.3 Å². The van der Waals surface area contributed by atoms with E-state index in [0.717, 1.165) is 12.4 Å². The molecule has 2 heterocycles. The van der Waals surface area contributed by atoms with Gasteiger partial charge in [0, 0.05) is 12.5 Å². The number of alkyl halides is 3. The maximum Gasteiger partial charge on any atom is 0.433 e. The number of amides is 1. The smallest absolute Gasteiger partial charge is 0.354 e. The van der Waals surface area contributed by atoms with Crippen molar-refractivity contribution < 1.29 is 18.0 Å². The Morgan fingerprint density at radius 1 is 1.32 bits per heavy atom. The Bertz CT molecular complexity index is 693. The third-order valence-electron chi connectivity index (χ3n) is 3.04. The zero-order valence-electron chi connectivity index (χ0n) is 12.5. The van der Waals surface area contributed by atoms with Gasteiger partial charge >= 0.3 is 6.18 Å². The Balaban J connectivity index is 2.67. The fourth-order valence-electron chi connectivity index (χ4n) is 1.85. The largest absolute Gasteiger partial charge is 0.433 e. The summed E-state index contributed by atoms with van der Waals surface area (Å²) in [7, 11) is 1.38. The predicted molar refractivity (Wildman–Crippen MR) is 72.8 cm³/mol. The Kier molecular flexibility index (Phi) is 3.76. The van der Waals surface area contributed by atoms with Gasteiger partial charge in [-0.2, -0.15) is 18.3 Å². The van der Waals surface area contributed by atoms with Crippen molar-refractivity contribution in [1.82, 2.24) is 25.1 Å². The number of rotatable bonds is 2. The first kappa shape index (κ1) is 16.1. The van der Waals surface area contributed by atoms with Crippen LogP contribution in [0.25, 0.3) is 5.82 Å². The number of nitrogens with one attached hydrogen (secondary N) is 2. The van der Waals surface area contributed by atoms with Gasteiger partial charge in [-0.3, -0.25) is 4.79 Å². The minimum Gasteiger partial charge on any atom is -0.354 e. The number of halogens is 3. The highest BCUT2D eigenvalue weighted by molar-refractivity contribution is 5.95. The van der Waals surface area contributed by atoms with Crippen LogP contribution in [0.3, 0.4) is 0 Å². The molecule has 22 heavy (non-hydrogen) atoms. The normalized spacial score (nSPS) is 12.5. The number of imidazole rings is 1. The standard InChI is InChI=1S/C13H16F3N5O/c1-12(2,3)7-5-8(13(14,15)16)21(20-7)10-9(11(22)17-4)18-6-19-10/h5-6H,1-4H3,(H,17,22)(H,18,19). The third-order valence-corrected chi connectivity index (χ3v) is 3.04. The van der Waals surface area contributed by atoms with Crippen molar-refractivity contribution in [2.75, 3.05) is 7.05 Å². The van der Waals surface area contributed by atoms with Crippen LogP contribution in [0.4, 0.5) is 13.2 Å². The SMILES string of the molecule is CNC(=O)c1[nH]cnc1-n1nc(C(C)(C)C)cc1C(F)(F)F. The number of hydrogen-bond donors (Lipinski definition) is 2. The highest BCUT2D eigenvalue weighted by atomic mass is 19.4. The second-order valence-corrected chi connectivity index (χ2v) is 5.75. The van der Waals surface area contributed by atoms with E-state index in [2.05, 4.69) is 20.4 Å². The summed E-state index contributed by atoms with van der Waals surface area (Å²) in [6.07, 6.45) is -3.46. The van der Waals surface area contributed by atoms with E-state index in [1.165, 1.54) is 7.05 Å². The highest BCUT2D eigenvalue weighted by Crippen LogP contribution is 2.34. The van der Waals surface area contributed by atoms with E-state index in [0.29, 0.717) is 4.68 Å². The molecule has 0 aliphatic heterocycles. The maximum atomic E-state index is 13.3. The molecule has 2 aromatic heterocycles. The van der Waals surface area contributed by atoms with Crippen molar-refractivity contribution in [2.45, 2.75) is 32.4 Å². The van der Waals surface area contributed by atoms with E-state index in [1.54, 1.807) is 20.8 Å². The van der Waals surface area contributed by atoms with Gasteiger partial charge in [0.05, 0.1) is 12.0 Å². The third kappa shape index (κ3) is 2.83. The molecule has 0 aromatic carbocycles. The fraction of sp³-hybridized carbons (Fsp3) is 0.462. The molecule has 0 fully saturated rings. The summed E-state index contributed by atoms with van der Waals surface area (Å²) < 4.78 is 40.4. The van der Waals surface area contributed by atoms with Crippen LogP contribution in [-0.2, 0) is 11.6 Å². The van der Waals surface area contributed by atoms with E-state index in [9.17, 15) is 18.0 Å². The Morgan fingerprint density at radius 2 is 1.95 bits per heavy atom. The lowest BCUT2D eigenvalue weighted by Crippen LogP contribution is -2.22. The molecule has 2 N–H and O–H groups in total. The molecular formula is C13H16F3N5O. The van der Waals surface area contributed by atoms with E-state index >= 15 is 0 Å². The van der Waals surface area contributed by atoms with Crippen LogP contribution in [-0.4, -0.2) is 32.7 Å². The summed E-state index contributed by atoms with van der Waals surface area (Å²) in [6.45, 7) is 5.26. The van der Waals surface area contributed by atoms with Gasteiger partial charge in [-0.05, 0) is 6.07 Å². The van der Waals surface area contributed by atoms with Crippen molar-refractivity contribution >= 4 is 5.91 Å². The first-order valence-electron chi connectivity index (χ1n) is 6.49. The number of aromatic nitrogens is 4. The van der Waals surface area contributed by atoms with Crippen molar-refractivity contribution in [2.24, 2.45) is 0 Å². The average Bonchev–Trinajstić information content (AvgIpc) is 3.01. The van der Waals surface area contributed by atoms with Crippen molar-refractivity contribution in [3.8, 4) is 5.82 Å². The lowest BCUT2D eigenvalue weighted by molar-refractivity contribution is -0.142. The molecule has 6 nitrogen and oxygen atoms in total. The van der Waals surface area contributed by atoms with E-state index < -0.39 is 23.2 Å². The second kappa shape index (κ2) is 5.15. The van der Waals surface area contributed by atoms with Crippen LogP contribution in [0, 0.1) is 0 Å². The quantitative estimate of drug-likeness (QED) is 0.892. The molecule has 0 aliphatic rings. The van der Waals surface area contributed by atoms with Gasteiger partial charge in [-0.25, -0.2) is 9.67 Å². The number of aromatic amines is 1. The van der Waals surface area contributed by atoms with Crippen LogP contribution < -0.4 is 5.32 Å². The molecule has 2 aromatic rings. The highest BCUT2D eigenvalue weighted by Gasteiger charge is 2.39. The van der Waals surface area contributed by atoms with Crippen LogP contribution in [0.15, 0.2) is 12.4 Å². The minimum atomic E-state index is -4.62. The molecule has 9 heteroatoms. The zero-order valence-corrected chi connectivity index (χ0v) is 12.5. The number of hydrogen-bond acceptors (Lipinski definition) is 3. The number of H-pyrrole nitrogens is 1. The molecule has 0 spiro atoms. The van der Waals surface area contributed by atoms with Crippen LogP contribution in [0.1, 0.15) is 42.6 Å². The molecule has 1 amide bonds. The molecule has 0 saturated heterocycles. The summed E-state index contributed by atoms with van der Waals surface area (Å²) in [6, 6.07) is 0.975. The molecular weight excluding hydrogens is 299 g/mol.